The van der Waals surface area contributed by atoms with E-state index in [1.165, 1.54) is 11.1 Å². The van der Waals surface area contributed by atoms with Gasteiger partial charge in [0.05, 0.1) is 24.5 Å². The molecule has 1 aliphatic rings. The molecular weight excluding hydrogens is 554 g/mol. The lowest BCUT2D eigenvalue weighted by atomic mass is 9.88. The Hall–Kier alpha value is -3.74. The van der Waals surface area contributed by atoms with E-state index >= 15 is 0 Å². The number of likely N-dealkylation sites (tertiary alicyclic amines) is 1. The third kappa shape index (κ3) is 8.43. The molecule has 43 heavy (non-hydrogen) atoms. The highest BCUT2D eigenvalue weighted by molar-refractivity contribution is 5.98. The first kappa shape index (κ1) is 33.8. The Morgan fingerprint density at radius 1 is 1.19 bits per heavy atom. The van der Waals surface area contributed by atoms with Gasteiger partial charge < -0.3 is 29.7 Å². The van der Waals surface area contributed by atoms with Crippen LogP contribution in [0.1, 0.15) is 92.5 Å². The van der Waals surface area contributed by atoms with Crippen LogP contribution in [0.4, 0.5) is 10.6 Å². The number of nitrogens with zero attached hydrogens (tertiary/aromatic N) is 6. The summed E-state index contributed by atoms with van der Waals surface area (Å²) in [6.45, 7) is 13.8. The van der Waals surface area contributed by atoms with Gasteiger partial charge in [-0.05, 0) is 25.7 Å². The van der Waals surface area contributed by atoms with Gasteiger partial charge >= 0.3 is 12.1 Å². The zero-order valence-electron chi connectivity index (χ0n) is 26.7. The fourth-order valence-electron chi connectivity index (χ4n) is 5.35. The number of hydrogen-bond donors (Lipinski definition) is 2. The van der Waals surface area contributed by atoms with Gasteiger partial charge in [-0.1, -0.05) is 34.6 Å². The molecule has 0 bridgehead atoms. The second-order valence-electron chi connectivity index (χ2n) is 12.4. The molecule has 2 atom stereocenters. The number of methoxy groups -OCH3 is 1. The fraction of sp³-hybridized carbons (Fsp3) is 0.667. The summed E-state index contributed by atoms with van der Waals surface area (Å²) in [6, 6.07) is -0.474. The molecule has 0 spiro atoms. The van der Waals surface area contributed by atoms with E-state index in [1.54, 1.807) is 36.9 Å². The molecule has 1 saturated heterocycles. The molecule has 0 unspecified atom stereocenters. The molecule has 13 heteroatoms. The smallest absolute Gasteiger partial charge is 0.407 e. The number of rotatable bonds is 12. The summed E-state index contributed by atoms with van der Waals surface area (Å²) < 4.78 is 12.0. The maximum atomic E-state index is 14.4. The zero-order chi connectivity index (χ0) is 31.9. The summed E-state index contributed by atoms with van der Waals surface area (Å²) in [5.74, 6) is -0.0442. The van der Waals surface area contributed by atoms with Gasteiger partial charge in [0.1, 0.15) is 22.8 Å². The maximum absolute atomic E-state index is 14.4. The molecular formula is C30H47N7O6. The largest absolute Gasteiger partial charge is 0.465 e. The van der Waals surface area contributed by atoms with Crippen molar-refractivity contribution in [1.29, 1.82) is 0 Å². The second kappa shape index (κ2) is 14.6. The predicted molar refractivity (Wildman–Crippen MR) is 161 cm³/mol. The van der Waals surface area contributed by atoms with E-state index in [4.69, 9.17) is 14.5 Å². The van der Waals surface area contributed by atoms with Crippen LogP contribution in [0.15, 0.2) is 12.4 Å². The van der Waals surface area contributed by atoms with Crippen molar-refractivity contribution in [1.82, 2.24) is 29.5 Å². The minimum absolute atomic E-state index is 0.0993. The average Bonchev–Trinajstić information content (AvgIpc) is 3.34. The molecule has 1 aliphatic heterocycles. The van der Waals surface area contributed by atoms with E-state index in [9.17, 15) is 19.5 Å². The molecule has 13 nitrogen and oxygen atoms in total. The summed E-state index contributed by atoms with van der Waals surface area (Å²) >= 11 is 0. The quantitative estimate of drug-likeness (QED) is 0.272. The molecule has 0 radical (unpaired) electrons. The van der Waals surface area contributed by atoms with Crippen molar-refractivity contribution in [2.75, 3.05) is 51.8 Å². The number of amides is 2. The van der Waals surface area contributed by atoms with Crippen LogP contribution in [0.3, 0.4) is 0 Å². The van der Waals surface area contributed by atoms with Crippen LogP contribution in [-0.4, -0.2) is 105 Å². The monoisotopic (exact) mass is 601 g/mol. The second-order valence-corrected chi connectivity index (χ2v) is 12.4. The van der Waals surface area contributed by atoms with Gasteiger partial charge in [0.2, 0.25) is 0 Å². The summed E-state index contributed by atoms with van der Waals surface area (Å²) in [5.41, 5.74) is 0.879. The van der Waals surface area contributed by atoms with Crippen LogP contribution < -0.4 is 5.32 Å². The first-order chi connectivity index (χ1) is 20.3. The van der Waals surface area contributed by atoms with Gasteiger partial charge in [-0.3, -0.25) is 9.48 Å². The number of ether oxygens (including phenoxy) is 2. The van der Waals surface area contributed by atoms with Crippen LogP contribution in [0.25, 0.3) is 0 Å². The lowest BCUT2D eigenvalue weighted by Gasteiger charge is -2.42. The van der Waals surface area contributed by atoms with E-state index in [0.29, 0.717) is 54.6 Å². The van der Waals surface area contributed by atoms with Gasteiger partial charge in [-0.15, -0.1) is 0 Å². The normalized spacial score (nSPS) is 17.2. The lowest BCUT2D eigenvalue weighted by molar-refractivity contribution is 0.0456. The summed E-state index contributed by atoms with van der Waals surface area (Å²) in [5, 5.41) is 17.7. The van der Waals surface area contributed by atoms with Gasteiger partial charge in [-0.25, -0.2) is 19.6 Å². The van der Waals surface area contributed by atoms with Crippen LogP contribution in [0.5, 0.6) is 0 Å². The minimum Gasteiger partial charge on any atom is -0.465 e. The number of aromatic nitrogens is 4. The van der Waals surface area contributed by atoms with Crippen LogP contribution in [-0.2, 0) is 21.9 Å². The Labute approximate surface area is 253 Å². The van der Waals surface area contributed by atoms with E-state index in [0.717, 1.165) is 6.42 Å². The Balaban J connectivity index is 2.04. The van der Waals surface area contributed by atoms with Crippen molar-refractivity contribution < 1.29 is 29.0 Å². The molecule has 2 aromatic heterocycles. The van der Waals surface area contributed by atoms with E-state index in [2.05, 4.69) is 15.4 Å². The summed E-state index contributed by atoms with van der Waals surface area (Å²) in [7, 11) is 3.36. The molecule has 238 valence electrons. The van der Waals surface area contributed by atoms with Crippen molar-refractivity contribution in [2.24, 2.45) is 13.0 Å². The van der Waals surface area contributed by atoms with Crippen LogP contribution >= 0.6 is 0 Å². The standard InChI is InChI=1S/C30H47N7O6/c1-9-43-27(39)22-15-33-35(7)24(22)20-13-21(18-36(17-20)29(40)41)37(16-19(2)3)26(38)23-14-32-28(30(4,5)6)34-25(23)31-11-10-12-42-8/h14-15,19-21H,9-13,16-18H2,1-8H3,(H,40,41)(H,31,32,34)/t20-,21+/m1/s1. The number of nitrogens with one attached hydrogen (secondary N) is 1. The molecule has 0 aliphatic carbocycles. The third-order valence-electron chi connectivity index (χ3n) is 7.34. The molecule has 3 rings (SSSR count). The average molecular weight is 602 g/mol. The highest BCUT2D eigenvalue weighted by Crippen LogP contribution is 2.33. The molecule has 0 saturated carbocycles. The highest BCUT2D eigenvalue weighted by atomic mass is 16.5. The Kier molecular flexibility index (Phi) is 11.5. The van der Waals surface area contributed by atoms with E-state index < -0.39 is 24.0 Å². The van der Waals surface area contributed by atoms with Crippen molar-refractivity contribution in [3.05, 3.63) is 35.0 Å². The van der Waals surface area contributed by atoms with Crippen LogP contribution in [0.2, 0.25) is 0 Å². The van der Waals surface area contributed by atoms with Gasteiger partial charge in [0.15, 0.2) is 0 Å². The Bertz CT molecular complexity index is 1270. The van der Waals surface area contributed by atoms with E-state index in [1.807, 2.05) is 34.6 Å². The van der Waals surface area contributed by atoms with Crippen molar-refractivity contribution >= 4 is 23.8 Å². The van der Waals surface area contributed by atoms with Crippen molar-refractivity contribution in [3.63, 3.8) is 0 Å². The van der Waals surface area contributed by atoms with Crippen molar-refractivity contribution in [3.8, 4) is 0 Å². The van der Waals surface area contributed by atoms with Gasteiger partial charge in [0, 0.05) is 64.5 Å². The predicted octanol–water partition coefficient (Wildman–Crippen LogP) is 3.77. The van der Waals surface area contributed by atoms with Gasteiger partial charge in [-0.2, -0.15) is 5.10 Å². The number of hydrogen-bond acceptors (Lipinski definition) is 9. The Morgan fingerprint density at radius 3 is 2.51 bits per heavy atom. The summed E-state index contributed by atoms with van der Waals surface area (Å²) in [4.78, 5) is 51.8. The number of carboxylic acid groups (broad SMARTS) is 1. The Morgan fingerprint density at radius 2 is 1.91 bits per heavy atom. The van der Waals surface area contributed by atoms with Crippen LogP contribution in [0, 0.1) is 5.92 Å². The van der Waals surface area contributed by atoms with Crippen molar-refractivity contribution in [2.45, 2.75) is 71.8 Å². The number of carbonyl (C=O) groups excluding carboxylic acids is 2. The fourth-order valence-corrected chi connectivity index (χ4v) is 5.35. The van der Waals surface area contributed by atoms with Gasteiger partial charge in [0.25, 0.3) is 5.91 Å². The van der Waals surface area contributed by atoms with E-state index in [-0.39, 0.29) is 36.9 Å². The molecule has 0 aromatic carbocycles. The molecule has 2 aromatic rings. The maximum Gasteiger partial charge on any atom is 0.407 e. The SMILES string of the molecule is CCOC(=O)c1cnn(C)c1[C@@H]1C[C@H](N(CC(C)C)C(=O)c2cnc(C(C)(C)C)nc2NCCCOC)CN(C(=O)O)C1. The number of piperidine rings is 1. The zero-order valence-corrected chi connectivity index (χ0v) is 26.7. The molecule has 2 N–H and O–H groups in total. The molecule has 1 fully saturated rings. The lowest BCUT2D eigenvalue weighted by Crippen LogP contribution is -2.54. The first-order valence-electron chi connectivity index (χ1n) is 14.9. The number of aryl methyl sites for hydroxylation is 1. The number of esters is 1. The number of anilines is 1. The summed E-state index contributed by atoms with van der Waals surface area (Å²) in [6.07, 6.45) is 3.09. The third-order valence-corrected chi connectivity index (χ3v) is 7.34. The topological polar surface area (TPSA) is 152 Å². The molecule has 2 amide bonds. The first-order valence-corrected chi connectivity index (χ1v) is 14.9. The minimum atomic E-state index is -1.09. The number of carbonyl (C=O) groups is 3. The molecule has 3 heterocycles. The highest BCUT2D eigenvalue weighted by Gasteiger charge is 2.39.